The topological polar surface area (TPSA) is 55.4 Å². The molecule has 25 heavy (non-hydrogen) atoms. The van der Waals surface area contributed by atoms with Crippen molar-refractivity contribution in [3.8, 4) is 16.2 Å². The van der Waals surface area contributed by atoms with Gasteiger partial charge in [-0.15, -0.1) is 11.3 Å². The van der Waals surface area contributed by atoms with E-state index >= 15 is 0 Å². The molecule has 0 unspecified atom stereocenters. The number of ether oxygens (including phenoxy) is 1. The molecule has 0 aliphatic heterocycles. The molecule has 0 amide bonds. The summed E-state index contributed by atoms with van der Waals surface area (Å²) in [6.07, 6.45) is 0. The van der Waals surface area contributed by atoms with Crippen molar-refractivity contribution in [1.29, 1.82) is 0 Å². The number of rotatable bonds is 4. The van der Waals surface area contributed by atoms with Gasteiger partial charge in [-0.05, 0) is 47.3 Å². The molecular formula is C16H12F3NO3S2. The number of nitrogens with one attached hydrogen (secondary N) is 1. The zero-order valence-electron chi connectivity index (χ0n) is 12.8. The largest absolute Gasteiger partial charge is 0.516 e. The van der Waals surface area contributed by atoms with Crippen molar-refractivity contribution in [1.82, 2.24) is 0 Å². The number of halogens is 3. The van der Waals surface area contributed by atoms with Crippen molar-refractivity contribution in [2.24, 2.45) is 0 Å². The van der Waals surface area contributed by atoms with Crippen molar-refractivity contribution in [3.63, 3.8) is 0 Å². The van der Waals surface area contributed by atoms with E-state index in [4.69, 9.17) is 4.74 Å². The minimum Gasteiger partial charge on any atom is -0.497 e. The maximum absolute atomic E-state index is 12.4. The molecule has 9 heteroatoms. The Bertz CT molecular complexity index is 1010. The van der Waals surface area contributed by atoms with Gasteiger partial charge in [0.1, 0.15) is 5.75 Å². The van der Waals surface area contributed by atoms with Crippen molar-refractivity contribution >= 4 is 37.1 Å². The Morgan fingerprint density at radius 1 is 1.04 bits per heavy atom. The molecule has 1 heterocycles. The first-order valence-electron chi connectivity index (χ1n) is 6.97. The molecule has 0 aliphatic carbocycles. The Morgan fingerprint density at radius 3 is 2.32 bits per heavy atom. The Hall–Kier alpha value is -2.26. The van der Waals surface area contributed by atoms with Gasteiger partial charge >= 0.3 is 15.5 Å². The monoisotopic (exact) mass is 387 g/mol. The summed E-state index contributed by atoms with van der Waals surface area (Å²) >= 11 is 1.50. The SMILES string of the molecule is COc1ccc2cc(-c3ccc(NS(=O)(=O)C(F)(F)F)cc3)sc2c1. The van der Waals surface area contributed by atoms with Crippen LogP contribution < -0.4 is 9.46 Å². The summed E-state index contributed by atoms with van der Waals surface area (Å²) in [5.41, 5.74) is -4.73. The minimum absolute atomic E-state index is 0.149. The summed E-state index contributed by atoms with van der Waals surface area (Å²) in [5.74, 6) is 0.734. The molecule has 0 saturated carbocycles. The minimum atomic E-state index is -5.42. The van der Waals surface area contributed by atoms with E-state index in [2.05, 4.69) is 0 Å². The Kier molecular flexibility index (Phi) is 4.38. The maximum Gasteiger partial charge on any atom is 0.516 e. The van der Waals surface area contributed by atoms with Crippen molar-refractivity contribution < 1.29 is 26.3 Å². The van der Waals surface area contributed by atoms with Crippen LogP contribution in [0.2, 0.25) is 0 Å². The maximum atomic E-state index is 12.4. The molecule has 3 aromatic rings. The number of anilines is 1. The number of hydrogen-bond acceptors (Lipinski definition) is 4. The van der Waals surface area contributed by atoms with Gasteiger partial charge in [-0.3, -0.25) is 4.72 Å². The summed E-state index contributed by atoms with van der Waals surface area (Å²) in [4.78, 5) is 0.911. The van der Waals surface area contributed by atoms with Gasteiger partial charge in [0.05, 0.1) is 7.11 Å². The van der Waals surface area contributed by atoms with E-state index in [9.17, 15) is 21.6 Å². The fraction of sp³-hybridized carbons (Fsp3) is 0.125. The molecule has 0 saturated heterocycles. The van der Waals surface area contributed by atoms with Crippen LogP contribution in [0.15, 0.2) is 48.5 Å². The van der Waals surface area contributed by atoms with Crippen molar-refractivity contribution in [3.05, 3.63) is 48.5 Å². The van der Waals surface area contributed by atoms with Crippen molar-refractivity contribution in [2.75, 3.05) is 11.8 Å². The van der Waals surface area contributed by atoms with E-state index < -0.39 is 15.5 Å². The quantitative estimate of drug-likeness (QED) is 0.697. The van der Waals surface area contributed by atoms with Crippen LogP contribution in [0.3, 0.4) is 0 Å². The number of methoxy groups -OCH3 is 1. The Morgan fingerprint density at radius 2 is 1.72 bits per heavy atom. The van der Waals surface area contributed by atoms with Gasteiger partial charge in [-0.25, -0.2) is 0 Å². The van der Waals surface area contributed by atoms with Gasteiger partial charge in [-0.1, -0.05) is 12.1 Å². The van der Waals surface area contributed by atoms with Crippen LogP contribution in [0.4, 0.5) is 18.9 Å². The first-order valence-corrected chi connectivity index (χ1v) is 9.27. The second-order valence-corrected chi connectivity index (χ2v) is 7.90. The highest BCUT2D eigenvalue weighted by Crippen LogP contribution is 2.36. The number of fused-ring (bicyclic) bond motifs is 1. The highest BCUT2D eigenvalue weighted by molar-refractivity contribution is 7.93. The lowest BCUT2D eigenvalue weighted by Crippen LogP contribution is -2.29. The predicted molar refractivity (Wildman–Crippen MR) is 92.4 cm³/mol. The molecule has 1 aromatic heterocycles. The first kappa shape index (κ1) is 17.6. The van der Waals surface area contributed by atoms with E-state index in [-0.39, 0.29) is 5.69 Å². The fourth-order valence-electron chi connectivity index (χ4n) is 2.20. The van der Waals surface area contributed by atoms with Crippen LogP contribution in [0.5, 0.6) is 5.75 Å². The first-order chi connectivity index (χ1) is 11.7. The molecule has 0 aliphatic rings. The summed E-state index contributed by atoms with van der Waals surface area (Å²) in [6, 6.07) is 13.3. The number of hydrogen-bond donors (Lipinski definition) is 1. The lowest BCUT2D eigenvalue weighted by atomic mass is 10.1. The molecule has 0 fully saturated rings. The predicted octanol–water partition coefficient (Wildman–Crippen LogP) is 4.84. The van der Waals surface area contributed by atoms with E-state index in [0.717, 1.165) is 26.3 Å². The van der Waals surface area contributed by atoms with Crippen molar-refractivity contribution in [2.45, 2.75) is 5.51 Å². The number of sulfonamides is 1. The normalized spacial score (nSPS) is 12.3. The Balaban J connectivity index is 1.88. The molecule has 1 N–H and O–H groups in total. The number of benzene rings is 2. The highest BCUT2D eigenvalue weighted by atomic mass is 32.2. The highest BCUT2D eigenvalue weighted by Gasteiger charge is 2.45. The third-order valence-electron chi connectivity index (χ3n) is 3.45. The Labute approximate surface area is 145 Å². The standard InChI is InChI=1S/C16H12F3NO3S2/c1-23-13-7-4-11-8-14(24-15(11)9-13)10-2-5-12(6-3-10)20-25(21,22)16(17,18)19/h2-9,20H,1H3. The second-order valence-electron chi connectivity index (χ2n) is 5.14. The van der Waals surface area contributed by atoms with Gasteiger partial charge in [-0.2, -0.15) is 21.6 Å². The van der Waals surface area contributed by atoms with Crippen LogP contribution in [-0.2, 0) is 10.0 Å². The van der Waals surface area contributed by atoms with Crippen LogP contribution in [0.1, 0.15) is 0 Å². The second kappa shape index (κ2) is 6.23. The van der Waals surface area contributed by atoms with Gasteiger partial charge < -0.3 is 4.74 Å². The molecule has 4 nitrogen and oxygen atoms in total. The smallest absolute Gasteiger partial charge is 0.497 e. The number of thiophene rings is 1. The van der Waals surface area contributed by atoms with E-state index in [0.29, 0.717) is 0 Å². The molecule has 0 bridgehead atoms. The molecule has 0 spiro atoms. The van der Waals surface area contributed by atoms with E-state index in [1.54, 1.807) is 19.2 Å². The van der Waals surface area contributed by atoms with E-state index in [1.165, 1.54) is 28.2 Å². The summed E-state index contributed by atoms with van der Waals surface area (Å²) in [7, 11) is -3.84. The molecule has 2 aromatic carbocycles. The average Bonchev–Trinajstić information content (AvgIpc) is 2.97. The van der Waals surface area contributed by atoms with Gasteiger partial charge in [0.15, 0.2) is 0 Å². The molecule has 132 valence electrons. The average molecular weight is 387 g/mol. The zero-order valence-corrected chi connectivity index (χ0v) is 14.4. The van der Waals surface area contributed by atoms with E-state index in [1.807, 2.05) is 24.3 Å². The van der Waals surface area contributed by atoms with Gasteiger partial charge in [0.2, 0.25) is 0 Å². The summed E-state index contributed by atoms with van der Waals surface area (Å²) in [6.45, 7) is 0. The van der Waals surface area contributed by atoms with Gasteiger partial charge in [0, 0.05) is 15.3 Å². The lowest BCUT2D eigenvalue weighted by molar-refractivity contribution is -0.0429. The zero-order chi connectivity index (χ0) is 18.2. The summed E-state index contributed by atoms with van der Waals surface area (Å²) in [5, 5.41) is 1.02. The molecule has 3 rings (SSSR count). The molecule has 0 radical (unpaired) electrons. The fourth-order valence-corrected chi connectivity index (χ4v) is 3.86. The van der Waals surface area contributed by atoms with Crippen LogP contribution >= 0.6 is 11.3 Å². The summed E-state index contributed by atoms with van der Waals surface area (Å²) < 4.78 is 67.1. The third kappa shape index (κ3) is 3.57. The lowest BCUT2D eigenvalue weighted by Gasteiger charge is -2.10. The third-order valence-corrected chi connectivity index (χ3v) is 5.71. The van der Waals surface area contributed by atoms with Crippen LogP contribution in [-0.4, -0.2) is 21.0 Å². The molecular weight excluding hydrogens is 375 g/mol. The van der Waals surface area contributed by atoms with Crippen LogP contribution in [0, 0.1) is 0 Å². The van der Waals surface area contributed by atoms with Gasteiger partial charge in [0.25, 0.3) is 0 Å². The van der Waals surface area contributed by atoms with Crippen LogP contribution in [0.25, 0.3) is 20.5 Å². The molecule has 0 atom stereocenters. The number of alkyl halides is 3.